The molecule has 0 saturated carbocycles. The lowest BCUT2D eigenvalue weighted by Gasteiger charge is -2.14. The van der Waals surface area contributed by atoms with E-state index >= 15 is 0 Å². The third kappa shape index (κ3) is 2.56. The first-order valence-electron chi connectivity index (χ1n) is 4.35. The van der Waals surface area contributed by atoms with Crippen molar-refractivity contribution in [3.8, 4) is 6.07 Å². The highest BCUT2D eigenvalue weighted by atomic mass is 19.4. The number of hydrogen-bond acceptors (Lipinski definition) is 2. The van der Waals surface area contributed by atoms with Crippen LogP contribution in [0.5, 0.6) is 0 Å². The number of benzene rings is 1. The summed E-state index contributed by atoms with van der Waals surface area (Å²) in [7, 11) is 0. The maximum absolute atomic E-state index is 12.5. The molecule has 1 rings (SSSR count). The highest BCUT2D eigenvalue weighted by Crippen LogP contribution is 2.37. The van der Waals surface area contributed by atoms with E-state index in [0.717, 1.165) is 0 Å². The van der Waals surface area contributed by atoms with Crippen molar-refractivity contribution < 1.29 is 31.9 Å². The summed E-state index contributed by atoms with van der Waals surface area (Å²) in [4.78, 5) is 10.6. The van der Waals surface area contributed by atoms with Gasteiger partial charge in [-0.25, -0.2) is 13.6 Å². The second kappa shape index (κ2) is 4.60. The monoisotopic (exact) mass is 265 g/mol. The molecular formula is C10H4F5NO2. The molecule has 0 spiro atoms. The van der Waals surface area contributed by atoms with E-state index in [1.807, 2.05) is 0 Å². The van der Waals surface area contributed by atoms with E-state index in [2.05, 4.69) is 0 Å². The second-order valence-corrected chi connectivity index (χ2v) is 3.20. The molecular weight excluding hydrogens is 261 g/mol. The van der Waals surface area contributed by atoms with Crippen LogP contribution in [0, 0.1) is 11.3 Å². The van der Waals surface area contributed by atoms with Crippen molar-refractivity contribution in [2.75, 3.05) is 0 Å². The molecule has 0 unspecified atom stereocenters. The van der Waals surface area contributed by atoms with Gasteiger partial charge in [0, 0.05) is 5.56 Å². The summed E-state index contributed by atoms with van der Waals surface area (Å²) in [6, 6.07) is 1.56. The van der Waals surface area contributed by atoms with Crippen molar-refractivity contribution in [3.05, 3.63) is 34.4 Å². The van der Waals surface area contributed by atoms with Crippen molar-refractivity contribution >= 4 is 5.97 Å². The maximum atomic E-state index is 12.5. The minimum atomic E-state index is -5.12. The summed E-state index contributed by atoms with van der Waals surface area (Å²) in [6.07, 6.45) is -8.58. The SMILES string of the molecule is N#Cc1cc(C(F)F)c(C(F)(F)F)cc1C(=O)O. The molecule has 96 valence electrons. The van der Waals surface area contributed by atoms with Crippen LogP contribution in [0.3, 0.4) is 0 Å². The van der Waals surface area contributed by atoms with E-state index < -0.39 is 40.8 Å². The lowest BCUT2D eigenvalue weighted by atomic mass is 9.98. The average molecular weight is 265 g/mol. The molecule has 0 heterocycles. The lowest BCUT2D eigenvalue weighted by molar-refractivity contribution is -0.139. The van der Waals surface area contributed by atoms with Gasteiger partial charge in [0.15, 0.2) is 0 Å². The third-order valence-corrected chi connectivity index (χ3v) is 2.08. The molecule has 8 heteroatoms. The number of carbonyl (C=O) groups is 1. The number of halogens is 5. The minimum Gasteiger partial charge on any atom is -0.478 e. The van der Waals surface area contributed by atoms with Gasteiger partial charge in [0.25, 0.3) is 6.43 Å². The number of alkyl halides is 5. The molecule has 0 saturated heterocycles. The normalized spacial score (nSPS) is 11.4. The topological polar surface area (TPSA) is 61.1 Å². The summed E-state index contributed by atoms with van der Waals surface area (Å²) in [6.45, 7) is 0. The van der Waals surface area contributed by atoms with E-state index in [-0.39, 0.29) is 12.1 Å². The molecule has 0 amide bonds. The zero-order valence-corrected chi connectivity index (χ0v) is 8.42. The predicted octanol–water partition coefficient (Wildman–Crippen LogP) is 3.21. The fraction of sp³-hybridized carbons (Fsp3) is 0.200. The quantitative estimate of drug-likeness (QED) is 0.835. The summed E-state index contributed by atoms with van der Waals surface area (Å²) >= 11 is 0. The average Bonchev–Trinajstić information content (AvgIpc) is 2.25. The van der Waals surface area contributed by atoms with Crippen molar-refractivity contribution in [1.29, 1.82) is 5.26 Å². The largest absolute Gasteiger partial charge is 0.478 e. The lowest BCUT2D eigenvalue weighted by Crippen LogP contribution is -2.13. The molecule has 1 N–H and O–H groups in total. The van der Waals surface area contributed by atoms with Gasteiger partial charge >= 0.3 is 12.1 Å². The molecule has 0 fully saturated rings. The Balaban J connectivity index is 3.65. The van der Waals surface area contributed by atoms with Crippen LogP contribution in [0.15, 0.2) is 12.1 Å². The van der Waals surface area contributed by atoms with Crippen LogP contribution in [0.25, 0.3) is 0 Å². The first kappa shape index (κ1) is 13.9. The highest BCUT2D eigenvalue weighted by molar-refractivity contribution is 5.91. The van der Waals surface area contributed by atoms with Crippen LogP contribution in [0.4, 0.5) is 22.0 Å². The van der Waals surface area contributed by atoms with Gasteiger partial charge in [-0.05, 0) is 12.1 Å². The Bertz CT molecular complexity index is 530. The summed E-state index contributed by atoms with van der Waals surface area (Å²) in [5.74, 6) is -1.79. The van der Waals surface area contributed by atoms with Gasteiger partial charge < -0.3 is 5.11 Å². The van der Waals surface area contributed by atoms with Gasteiger partial charge in [0.2, 0.25) is 0 Å². The van der Waals surface area contributed by atoms with Crippen LogP contribution in [0.1, 0.15) is 33.5 Å². The Morgan fingerprint density at radius 3 is 2.22 bits per heavy atom. The molecule has 1 aromatic rings. The zero-order chi connectivity index (χ0) is 14.1. The summed E-state index contributed by atoms with van der Waals surface area (Å²) in [5, 5.41) is 17.1. The Kier molecular flexibility index (Phi) is 3.55. The van der Waals surface area contributed by atoms with E-state index in [9.17, 15) is 26.7 Å². The van der Waals surface area contributed by atoms with Crippen LogP contribution in [0.2, 0.25) is 0 Å². The van der Waals surface area contributed by atoms with E-state index in [1.165, 1.54) is 6.07 Å². The Labute approximate surface area is 97.1 Å². The van der Waals surface area contributed by atoms with Crippen LogP contribution in [-0.4, -0.2) is 11.1 Å². The Morgan fingerprint density at radius 1 is 1.33 bits per heavy atom. The number of hydrogen-bond donors (Lipinski definition) is 1. The molecule has 3 nitrogen and oxygen atoms in total. The summed E-state index contributed by atoms with van der Waals surface area (Å²) in [5.41, 5.74) is -4.88. The molecule has 0 aliphatic rings. The highest BCUT2D eigenvalue weighted by Gasteiger charge is 2.37. The first-order chi connectivity index (χ1) is 8.18. The Hall–Kier alpha value is -2.17. The molecule has 18 heavy (non-hydrogen) atoms. The fourth-order valence-electron chi connectivity index (χ4n) is 1.31. The minimum absolute atomic E-state index is 0.0440. The number of carboxylic acids is 1. The molecule has 1 aromatic carbocycles. The van der Waals surface area contributed by atoms with Crippen molar-refractivity contribution in [3.63, 3.8) is 0 Å². The van der Waals surface area contributed by atoms with Gasteiger partial charge in [0.1, 0.15) is 6.07 Å². The van der Waals surface area contributed by atoms with Gasteiger partial charge in [-0.2, -0.15) is 18.4 Å². The molecule has 0 bridgehead atoms. The molecule has 0 aliphatic carbocycles. The Morgan fingerprint density at radius 2 is 1.89 bits per heavy atom. The van der Waals surface area contributed by atoms with E-state index in [0.29, 0.717) is 0 Å². The third-order valence-electron chi connectivity index (χ3n) is 2.08. The number of nitrogens with zero attached hydrogens (tertiary/aromatic N) is 1. The number of carboxylic acid groups (broad SMARTS) is 1. The molecule has 0 aliphatic heterocycles. The molecule has 0 atom stereocenters. The van der Waals surface area contributed by atoms with Gasteiger partial charge in [-0.3, -0.25) is 0 Å². The van der Waals surface area contributed by atoms with Crippen molar-refractivity contribution in [2.45, 2.75) is 12.6 Å². The number of nitriles is 1. The zero-order valence-electron chi connectivity index (χ0n) is 8.42. The predicted molar refractivity (Wildman–Crippen MR) is 48.1 cm³/mol. The first-order valence-corrected chi connectivity index (χ1v) is 4.35. The standard InChI is InChI=1S/C10H4F5NO2/c11-8(12)6-1-4(3-16)5(9(17)18)2-7(6)10(13,14)15/h1-2,8H,(H,17,18). The second-order valence-electron chi connectivity index (χ2n) is 3.20. The van der Waals surface area contributed by atoms with E-state index in [4.69, 9.17) is 10.4 Å². The number of aromatic carboxylic acids is 1. The summed E-state index contributed by atoms with van der Waals surface area (Å²) < 4.78 is 62.3. The van der Waals surface area contributed by atoms with Crippen LogP contribution in [-0.2, 0) is 6.18 Å². The van der Waals surface area contributed by atoms with Crippen LogP contribution < -0.4 is 0 Å². The van der Waals surface area contributed by atoms with Crippen molar-refractivity contribution in [1.82, 2.24) is 0 Å². The smallest absolute Gasteiger partial charge is 0.416 e. The van der Waals surface area contributed by atoms with Gasteiger partial charge in [0.05, 0.1) is 16.7 Å². The molecule has 0 radical (unpaired) electrons. The van der Waals surface area contributed by atoms with E-state index in [1.54, 1.807) is 0 Å². The molecule has 0 aromatic heterocycles. The fourth-order valence-corrected chi connectivity index (χ4v) is 1.31. The number of rotatable bonds is 2. The van der Waals surface area contributed by atoms with Crippen LogP contribution >= 0.6 is 0 Å². The maximum Gasteiger partial charge on any atom is 0.416 e. The van der Waals surface area contributed by atoms with Crippen molar-refractivity contribution in [2.24, 2.45) is 0 Å². The van der Waals surface area contributed by atoms with Gasteiger partial charge in [-0.15, -0.1) is 0 Å². The van der Waals surface area contributed by atoms with Gasteiger partial charge in [-0.1, -0.05) is 0 Å².